The fourth-order valence-electron chi connectivity index (χ4n) is 1.76. The van der Waals surface area contributed by atoms with Crippen molar-refractivity contribution in [1.82, 2.24) is 10.3 Å². The molecule has 0 aromatic heterocycles. The van der Waals surface area contributed by atoms with E-state index in [1.165, 1.54) is 6.07 Å². The van der Waals surface area contributed by atoms with E-state index in [1.807, 2.05) is 5.43 Å². The number of sulfonamides is 1. The van der Waals surface area contributed by atoms with Crippen LogP contribution in [0, 0.1) is 18.6 Å². The van der Waals surface area contributed by atoms with Crippen molar-refractivity contribution < 1.29 is 22.0 Å². The van der Waals surface area contributed by atoms with Gasteiger partial charge in [0.25, 0.3) is 15.9 Å². The van der Waals surface area contributed by atoms with Gasteiger partial charge in [0.05, 0.1) is 0 Å². The third-order valence-electron chi connectivity index (χ3n) is 2.87. The Morgan fingerprint density at radius 2 is 1.77 bits per heavy atom. The molecule has 0 spiro atoms. The molecule has 0 aliphatic heterocycles. The Morgan fingerprint density at radius 3 is 2.41 bits per heavy atom. The van der Waals surface area contributed by atoms with Crippen molar-refractivity contribution in [2.45, 2.75) is 11.8 Å². The van der Waals surface area contributed by atoms with Crippen LogP contribution >= 0.6 is 0 Å². The van der Waals surface area contributed by atoms with E-state index in [-0.39, 0.29) is 5.56 Å². The van der Waals surface area contributed by atoms with Crippen molar-refractivity contribution in [3.8, 4) is 0 Å². The Labute approximate surface area is 126 Å². The number of hydrogen-bond donors (Lipinski definition) is 2. The Hall–Kier alpha value is -2.32. The molecule has 2 aromatic rings. The maximum Gasteiger partial charge on any atom is 0.266 e. The average molecular weight is 326 g/mol. The van der Waals surface area contributed by atoms with Crippen molar-refractivity contribution in [3.63, 3.8) is 0 Å². The van der Waals surface area contributed by atoms with E-state index in [9.17, 15) is 22.0 Å². The molecule has 0 heterocycles. The van der Waals surface area contributed by atoms with E-state index in [0.717, 1.165) is 12.1 Å². The zero-order valence-electron chi connectivity index (χ0n) is 11.4. The van der Waals surface area contributed by atoms with Gasteiger partial charge < -0.3 is 0 Å². The normalized spacial score (nSPS) is 11.2. The summed E-state index contributed by atoms with van der Waals surface area (Å²) in [5.74, 6) is -2.85. The topological polar surface area (TPSA) is 75.3 Å². The summed E-state index contributed by atoms with van der Waals surface area (Å²) in [6, 6.07) is 8.56. The lowest BCUT2D eigenvalue weighted by molar-refractivity contribution is 0.0944. The van der Waals surface area contributed by atoms with Gasteiger partial charge in [-0.05, 0) is 30.7 Å². The second kappa shape index (κ2) is 6.20. The summed E-state index contributed by atoms with van der Waals surface area (Å²) in [6.07, 6.45) is 0. The monoisotopic (exact) mass is 326 g/mol. The van der Waals surface area contributed by atoms with E-state index in [1.54, 1.807) is 30.0 Å². The van der Waals surface area contributed by atoms with Gasteiger partial charge in [-0.1, -0.05) is 18.2 Å². The van der Waals surface area contributed by atoms with Crippen LogP contribution < -0.4 is 10.3 Å². The summed E-state index contributed by atoms with van der Waals surface area (Å²) in [6.45, 7) is 1.68. The van der Waals surface area contributed by atoms with Crippen molar-refractivity contribution in [2.75, 3.05) is 0 Å². The number of nitrogens with one attached hydrogen (secondary N) is 2. The molecule has 0 radical (unpaired) electrons. The number of hydrazine groups is 1. The number of aryl methyl sites for hydroxylation is 1. The molecule has 0 fully saturated rings. The van der Waals surface area contributed by atoms with Gasteiger partial charge in [-0.15, -0.1) is 4.83 Å². The Balaban J connectivity index is 2.17. The van der Waals surface area contributed by atoms with E-state index in [0.29, 0.717) is 11.6 Å². The standard InChI is InChI=1S/C14H12F2N2O3S/c1-9-4-2-3-5-11(9)14(19)17-18-22(20,21)13-7-6-10(15)8-12(13)16/h2-8,18H,1H3,(H,17,19). The largest absolute Gasteiger partial charge is 0.273 e. The predicted molar refractivity (Wildman–Crippen MR) is 75.3 cm³/mol. The molecule has 0 aliphatic rings. The molecule has 0 saturated carbocycles. The second-order valence-electron chi connectivity index (χ2n) is 4.45. The molecule has 2 N–H and O–H groups in total. The first-order chi connectivity index (χ1) is 10.3. The van der Waals surface area contributed by atoms with E-state index in [4.69, 9.17) is 0 Å². The van der Waals surface area contributed by atoms with Crippen LogP contribution in [0.15, 0.2) is 47.4 Å². The summed E-state index contributed by atoms with van der Waals surface area (Å²) in [5, 5.41) is 0. The van der Waals surface area contributed by atoms with Gasteiger partial charge in [-0.3, -0.25) is 10.2 Å². The Bertz CT molecular complexity index is 823. The van der Waals surface area contributed by atoms with Gasteiger partial charge in [0.15, 0.2) is 0 Å². The summed E-state index contributed by atoms with van der Waals surface area (Å²) in [7, 11) is -4.35. The number of carbonyl (C=O) groups is 1. The van der Waals surface area contributed by atoms with Crippen molar-refractivity contribution in [2.24, 2.45) is 0 Å². The number of carbonyl (C=O) groups excluding carboxylic acids is 1. The number of amides is 1. The fourth-order valence-corrected chi connectivity index (χ4v) is 2.66. The van der Waals surface area contributed by atoms with E-state index < -0.39 is 32.5 Å². The molecule has 5 nitrogen and oxygen atoms in total. The molecule has 1 amide bonds. The minimum atomic E-state index is -4.35. The molecule has 8 heteroatoms. The molecule has 0 aliphatic carbocycles. The molecule has 0 bridgehead atoms. The highest BCUT2D eigenvalue weighted by Crippen LogP contribution is 2.15. The van der Waals surface area contributed by atoms with Gasteiger partial charge >= 0.3 is 0 Å². The number of benzene rings is 2. The molecule has 0 unspecified atom stereocenters. The lowest BCUT2D eigenvalue weighted by Crippen LogP contribution is -2.42. The maximum atomic E-state index is 13.5. The van der Waals surface area contributed by atoms with Gasteiger partial charge in [-0.25, -0.2) is 17.2 Å². The van der Waals surface area contributed by atoms with Crippen LogP contribution in [0.5, 0.6) is 0 Å². The van der Waals surface area contributed by atoms with Gasteiger partial charge in [0, 0.05) is 11.6 Å². The Kier molecular flexibility index (Phi) is 4.53. The van der Waals surface area contributed by atoms with Crippen LogP contribution in [-0.2, 0) is 10.0 Å². The van der Waals surface area contributed by atoms with E-state index in [2.05, 4.69) is 0 Å². The molecule has 0 atom stereocenters. The quantitative estimate of drug-likeness (QED) is 0.843. The highest BCUT2D eigenvalue weighted by atomic mass is 32.2. The third-order valence-corrected chi connectivity index (χ3v) is 4.15. The zero-order chi connectivity index (χ0) is 16.3. The summed E-state index contributed by atoms with van der Waals surface area (Å²) < 4.78 is 50.1. The van der Waals surface area contributed by atoms with Gasteiger partial charge in [0.2, 0.25) is 0 Å². The molecule has 2 aromatic carbocycles. The second-order valence-corrected chi connectivity index (χ2v) is 6.10. The number of rotatable bonds is 4. The summed E-state index contributed by atoms with van der Waals surface area (Å²) in [4.78, 5) is 12.9. The molecule has 0 saturated heterocycles. The number of hydrogen-bond acceptors (Lipinski definition) is 3. The minimum Gasteiger partial charge on any atom is -0.273 e. The van der Waals surface area contributed by atoms with Gasteiger partial charge in [-0.2, -0.15) is 0 Å². The Morgan fingerprint density at radius 1 is 1.09 bits per heavy atom. The number of halogens is 2. The highest BCUT2D eigenvalue weighted by molar-refractivity contribution is 7.89. The first-order valence-electron chi connectivity index (χ1n) is 6.14. The van der Waals surface area contributed by atoms with Crippen LogP contribution in [0.2, 0.25) is 0 Å². The molecule has 2 rings (SSSR count). The summed E-state index contributed by atoms with van der Waals surface area (Å²) >= 11 is 0. The van der Waals surface area contributed by atoms with E-state index >= 15 is 0 Å². The molecule has 22 heavy (non-hydrogen) atoms. The lowest BCUT2D eigenvalue weighted by atomic mass is 10.1. The van der Waals surface area contributed by atoms with Crippen LogP contribution in [0.3, 0.4) is 0 Å². The van der Waals surface area contributed by atoms with Crippen molar-refractivity contribution in [3.05, 3.63) is 65.2 Å². The van der Waals surface area contributed by atoms with Crippen molar-refractivity contribution in [1.29, 1.82) is 0 Å². The van der Waals surface area contributed by atoms with Gasteiger partial charge in [0.1, 0.15) is 16.5 Å². The van der Waals surface area contributed by atoms with Crippen LogP contribution in [0.4, 0.5) is 8.78 Å². The third kappa shape index (κ3) is 3.46. The van der Waals surface area contributed by atoms with Crippen LogP contribution in [0.25, 0.3) is 0 Å². The lowest BCUT2D eigenvalue weighted by Gasteiger charge is -2.10. The molecular weight excluding hydrogens is 314 g/mol. The average Bonchev–Trinajstić information content (AvgIpc) is 2.45. The minimum absolute atomic E-state index is 0.268. The smallest absolute Gasteiger partial charge is 0.266 e. The first kappa shape index (κ1) is 16.1. The van der Waals surface area contributed by atoms with Crippen molar-refractivity contribution >= 4 is 15.9 Å². The molecule has 116 valence electrons. The molecular formula is C14H12F2N2O3S. The maximum absolute atomic E-state index is 13.5. The fraction of sp³-hybridized carbons (Fsp3) is 0.0714. The predicted octanol–water partition coefficient (Wildman–Crippen LogP) is 1.90. The first-order valence-corrected chi connectivity index (χ1v) is 7.62. The van der Waals surface area contributed by atoms with Crippen LogP contribution in [0.1, 0.15) is 15.9 Å². The summed E-state index contributed by atoms with van der Waals surface area (Å²) in [5.41, 5.74) is 2.90. The SMILES string of the molecule is Cc1ccccc1C(=O)NNS(=O)(=O)c1ccc(F)cc1F. The zero-order valence-corrected chi connectivity index (χ0v) is 12.2. The highest BCUT2D eigenvalue weighted by Gasteiger charge is 2.20. The van der Waals surface area contributed by atoms with Crippen LogP contribution in [-0.4, -0.2) is 14.3 Å².